The van der Waals surface area contributed by atoms with E-state index < -0.39 is 12.7 Å². The number of hydrogen-bond acceptors (Lipinski definition) is 3. The third-order valence-electron chi connectivity index (χ3n) is 1.71. The zero-order chi connectivity index (χ0) is 10.6. The lowest BCUT2D eigenvalue weighted by molar-refractivity contribution is -0.0499. The predicted molar refractivity (Wildman–Crippen MR) is 54.3 cm³/mol. The Balaban J connectivity index is 0.00000196. The summed E-state index contributed by atoms with van der Waals surface area (Å²) in [5, 5.41) is 8.75. The summed E-state index contributed by atoms with van der Waals surface area (Å²) in [7, 11) is 0. The van der Waals surface area contributed by atoms with Gasteiger partial charge >= 0.3 is 6.61 Å². The second kappa shape index (κ2) is 6.55. The van der Waals surface area contributed by atoms with Crippen LogP contribution in [0.5, 0.6) is 5.75 Å². The maximum atomic E-state index is 11.8. The van der Waals surface area contributed by atoms with E-state index in [9.17, 15) is 8.78 Å². The van der Waals surface area contributed by atoms with Crippen molar-refractivity contribution in [3.8, 4) is 5.75 Å². The third kappa shape index (κ3) is 4.42. The molecule has 0 bridgehead atoms. The van der Waals surface area contributed by atoms with E-state index >= 15 is 0 Å². The Bertz CT molecular complexity index is 299. The summed E-state index contributed by atoms with van der Waals surface area (Å²) in [6, 6.07) is 5.39. The van der Waals surface area contributed by atoms with Crippen LogP contribution in [0.3, 0.4) is 0 Å². The van der Waals surface area contributed by atoms with Crippen molar-refractivity contribution in [1.29, 1.82) is 0 Å². The fourth-order valence-corrected chi connectivity index (χ4v) is 1.03. The summed E-state index contributed by atoms with van der Waals surface area (Å²) < 4.78 is 27.8. The minimum atomic E-state index is -2.85. The van der Waals surface area contributed by atoms with E-state index in [4.69, 9.17) is 10.8 Å². The Labute approximate surface area is 92.3 Å². The monoisotopic (exact) mass is 239 g/mol. The van der Waals surface area contributed by atoms with Gasteiger partial charge in [0, 0.05) is 0 Å². The van der Waals surface area contributed by atoms with Gasteiger partial charge in [-0.2, -0.15) is 8.78 Å². The van der Waals surface area contributed by atoms with Crippen molar-refractivity contribution in [2.24, 2.45) is 5.73 Å². The van der Waals surface area contributed by atoms with Gasteiger partial charge in [0.1, 0.15) is 5.75 Å². The van der Waals surface area contributed by atoms with Crippen LogP contribution < -0.4 is 10.5 Å². The molecule has 3 N–H and O–H groups in total. The highest BCUT2D eigenvalue weighted by atomic mass is 35.5. The van der Waals surface area contributed by atoms with Gasteiger partial charge in [-0.3, -0.25) is 0 Å². The Morgan fingerprint density at radius 1 is 1.40 bits per heavy atom. The molecule has 1 aromatic carbocycles. The number of ether oxygens (including phenoxy) is 1. The summed E-state index contributed by atoms with van der Waals surface area (Å²) in [4.78, 5) is 0. The number of alkyl halides is 2. The molecule has 1 atom stereocenters. The molecule has 0 aliphatic rings. The van der Waals surface area contributed by atoms with Crippen LogP contribution in [0.4, 0.5) is 8.78 Å². The van der Waals surface area contributed by atoms with Gasteiger partial charge in [-0.25, -0.2) is 0 Å². The second-order valence-electron chi connectivity index (χ2n) is 2.74. The van der Waals surface area contributed by atoms with Crippen molar-refractivity contribution < 1.29 is 18.6 Å². The number of aliphatic hydroxyl groups excluding tert-OH is 1. The van der Waals surface area contributed by atoms with Crippen LogP contribution in [0.25, 0.3) is 0 Å². The Morgan fingerprint density at radius 2 is 2.07 bits per heavy atom. The van der Waals surface area contributed by atoms with Crippen LogP contribution in [-0.2, 0) is 0 Å². The molecule has 86 valence electrons. The molecule has 15 heavy (non-hydrogen) atoms. The van der Waals surface area contributed by atoms with Crippen LogP contribution in [0.2, 0.25) is 0 Å². The first-order valence-corrected chi connectivity index (χ1v) is 4.04. The van der Waals surface area contributed by atoms with E-state index in [0.29, 0.717) is 5.56 Å². The summed E-state index contributed by atoms with van der Waals surface area (Å²) in [5.41, 5.74) is 6.06. The summed E-state index contributed by atoms with van der Waals surface area (Å²) in [6.45, 7) is -3.09. The third-order valence-corrected chi connectivity index (χ3v) is 1.71. The van der Waals surface area contributed by atoms with Gasteiger partial charge in [-0.05, 0) is 17.7 Å². The number of rotatable bonds is 4. The standard InChI is InChI=1S/C9H11F2NO2.ClH/c10-9(11)14-7-3-1-2-6(4-7)8(12)5-13;/h1-4,8-9,13H,5,12H2;1H/t8-;/m1./s1. The first kappa shape index (κ1) is 14.1. The van der Waals surface area contributed by atoms with Crippen LogP contribution in [0.1, 0.15) is 11.6 Å². The fraction of sp³-hybridized carbons (Fsp3) is 0.333. The molecule has 0 radical (unpaired) electrons. The molecule has 0 aliphatic carbocycles. The average molecular weight is 240 g/mol. The van der Waals surface area contributed by atoms with Crippen molar-refractivity contribution in [2.75, 3.05) is 6.61 Å². The van der Waals surface area contributed by atoms with Gasteiger partial charge in [0.15, 0.2) is 0 Å². The van der Waals surface area contributed by atoms with Gasteiger partial charge < -0.3 is 15.6 Å². The molecule has 0 amide bonds. The van der Waals surface area contributed by atoms with Crippen LogP contribution in [-0.4, -0.2) is 18.3 Å². The summed E-state index contributed by atoms with van der Waals surface area (Å²) >= 11 is 0. The minimum absolute atomic E-state index is 0. The zero-order valence-electron chi connectivity index (χ0n) is 7.77. The van der Waals surface area contributed by atoms with Crippen molar-refractivity contribution in [3.63, 3.8) is 0 Å². The average Bonchev–Trinajstić information content (AvgIpc) is 2.16. The quantitative estimate of drug-likeness (QED) is 0.841. The van der Waals surface area contributed by atoms with Gasteiger partial charge in [0.05, 0.1) is 12.6 Å². The molecule has 1 aromatic rings. The lowest BCUT2D eigenvalue weighted by atomic mass is 10.1. The van der Waals surface area contributed by atoms with E-state index in [1.165, 1.54) is 12.1 Å². The van der Waals surface area contributed by atoms with Crippen molar-refractivity contribution >= 4 is 12.4 Å². The second-order valence-corrected chi connectivity index (χ2v) is 2.74. The highest BCUT2D eigenvalue weighted by molar-refractivity contribution is 5.85. The number of aliphatic hydroxyl groups is 1. The topological polar surface area (TPSA) is 55.5 Å². The van der Waals surface area contributed by atoms with E-state index in [1.54, 1.807) is 12.1 Å². The van der Waals surface area contributed by atoms with Crippen LogP contribution in [0.15, 0.2) is 24.3 Å². The van der Waals surface area contributed by atoms with Gasteiger partial charge in [-0.15, -0.1) is 12.4 Å². The van der Waals surface area contributed by atoms with E-state index in [0.717, 1.165) is 0 Å². The molecule has 0 fully saturated rings. The molecule has 0 saturated carbocycles. The minimum Gasteiger partial charge on any atom is -0.435 e. The molecule has 0 aromatic heterocycles. The van der Waals surface area contributed by atoms with Crippen molar-refractivity contribution in [3.05, 3.63) is 29.8 Å². The maximum Gasteiger partial charge on any atom is 0.387 e. The van der Waals surface area contributed by atoms with Crippen molar-refractivity contribution in [2.45, 2.75) is 12.7 Å². The largest absolute Gasteiger partial charge is 0.435 e. The molecule has 0 aliphatic heterocycles. The maximum absolute atomic E-state index is 11.8. The number of hydrogen-bond donors (Lipinski definition) is 2. The molecule has 6 heteroatoms. The molecule has 0 saturated heterocycles. The van der Waals surface area contributed by atoms with E-state index in [2.05, 4.69) is 4.74 Å². The Kier molecular flexibility index (Phi) is 6.15. The summed E-state index contributed by atoms with van der Waals surface area (Å²) in [5.74, 6) is 0.0430. The number of nitrogens with two attached hydrogens (primary N) is 1. The van der Waals surface area contributed by atoms with Crippen LogP contribution in [0, 0.1) is 0 Å². The zero-order valence-corrected chi connectivity index (χ0v) is 8.58. The molecule has 3 nitrogen and oxygen atoms in total. The smallest absolute Gasteiger partial charge is 0.387 e. The number of halogens is 3. The molecule has 0 heterocycles. The van der Waals surface area contributed by atoms with E-state index in [1.807, 2.05) is 0 Å². The highest BCUT2D eigenvalue weighted by Crippen LogP contribution is 2.19. The lowest BCUT2D eigenvalue weighted by Gasteiger charge is -2.10. The Morgan fingerprint density at radius 3 is 2.60 bits per heavy atom. The van der Waals surface area contributed by atoms with Gasteiger partial charge in [0.25, 0.3) is 0 Å². The van der Waals surface area contributed by atoms with E-state index in [-0.39, 0.29) is 24.8 Å². The first-order valence-electron chi connectivity index (χ1n) is 4.04. The fourth-order valence-electron chi connectivity index (χ4n) is 1.03. The molecule has 0 spiro atoms. The highest BCUT2D eigenvalue weighted by Gasteiger charge is 2.08. The van der Waals surface area contributed by atoms with Gasteiger partial charge in [-0.1, -0.05) is 12.1 Å². The first-order chi connectivity index (χ1) is 6.63. The summed E-state index contributed by atoms with van der Waals surface area (Å²) in [6.07, 6.45) is 0. The molecular formula is C9H12ClF2NO2. The van der Waals surface area contributed by atoms with Crippen molar-refractivity contribution in [1.82, 2.24) is 0 Å². The Hall–Kier alpha value is -0.910. The SMILES string of the molecule is Cl.N[C@H](CO)c1cccc(OC(F)F)c1. The molecule has 1 rings (SSSR count). The van der Waals surface area contributed by atoms with Gasteiger partial charge in [0.2, 0.25) is 0 Å². The van der Waals surface area contributed by atoms with Crippen LogP contribution >= 0.6 is 12.4 Å². The molecule has 0 unspecified atom stereocenters. The lowest BCUT2D eigenvalue weighted by Crippen LogP contribution is -2.14. The number of benzene rings is 1. The predicted octanol–water partition coefficient (Wildman–Crippen LogP) is 1.70. The normalized spacial score (nSPS) is 12.1. The molecular weight excluding hydrogens is 228 g/mol.